The molecule has 0 aromatic carbocycles. The van der Waals surface area contributed by atoms with Crippen LogP contribution >= 0.6 is 0 Å². The van der Waals surface area contributed by atoms with E-state index in [2.05, 4.69) is 24.2 Å². The summed E-state index contributed by atoms with van der Waals surface area (Å²) in [5.41, 5.74) is 0. The Kier molecular flexibility index (Phi) is 4.62. The zero-order chi connectivity index (χ0) is 11.4. The average Bonchev–Trinajstić information content (AvgIpc) is 3.11. The lowest BCUT2D eigenvalue weighted by Crippen LogP contribution is -2.42. The van der Waals surface area contributed by atoms with Crippen molar-refractivity contribution in [3.8, 4) is 0 Å². The molecule has 1 aliphatic heterocycles. The molecule has 1 saturated carbocycles. The Labute approximate surface area is 99.5 Å². The van der Waals surface area contributed by atoms with Gasteiger partial charge in [0, 0.05) is 31.8 Å². The van der Waals surface area contributed by atoms with Gasteiger partial charge in [-0.05, 0) is 45.6 Å². The third-order valence-corrected chi connectivity index (χ3v) is 3.83. The Balaban J connectivity index is 1.62. The maximum Gasteiger partial charge on any atom is 0.0506 e. The molecule has 0 aromatic heterocycles. The molecule has 2 aliphatic rings. The second-order valence-corrected chi connectivity index (χ2v) is 5.55. The molecule has 3 nitrogen and oxygen atoms in total. The van der Waals surface area contributed by atoms with Crippen LogP contribution < -0.4 is 5.32 Å². The molecule has 94 valence electrons. The fraction of sp³-hybridized carbons (Fsp3) is 1.00. The van der Waals surface area contributed by atoms with Crippen molar-refractivity contribution in [2.45, 2.75) is 44.7 Å². The van der Waals surface area contributed by atoms with E-state index in [0.29, 0.717) is 6.04 Å². The van der Waals surface area contributed by atoms with E-state index in [-0.39, 0.29) is 0 Å². The molecule has 2 rings (SSSR count). The van der Waals surface area contributed by atoms with Gasteiger partial charge in [0.1, 0.15) is 0 Å². The maximum absolute atomic E-state index is 5.53. The molecule has 2 fully saturated rings. The van der Waals surface area contributed by atoms with E-state index >= 15 is 0 Å². The first-order valence-corrected chi connectivity index (χ1v) is 6.77. The van der Waals surface area contributed by atoms with Gasteiger partial charge in [0.2, 0.25) is 0 Å². The molecule has 0 bridgehead atoms. The van der Waals surface area contributed by atoms with Gasteiger partial charge in [-0.3, -0.25) is 0 Å². The van der Waals surface area contributed by atoms with Crippen LogP contribution in [0.1, 0.15) is 32.6 Å². The van der Waals surface area contributed by atoms with Crippen molar-refractivity contribution in [1.29, 1.82) is 0 Å². The molecule has 1 N–H and O–H groups in total. The number of nitrogens with zero attached hydrogens (tertiary/aromatic N) is 1. The second-order valence-electron chi connectivity index (χ2n) is 5.55. The fourth-order valence-electron chi connectivity index (χ4n) is 2.32. The van der Waals surface area contributed by atoms with Crippen molar-refractivity contribution in [3.05, 3.63) is 0 Å². The Hall–Kier alpha value is -0.120. The predicted molar refractivity (Wildman–Crippen MR) is 66.7 cm³/mol. The molecule has 0 aromatic rings. The van der Waals surface area contributed by atoms with Gasteiger partial charge in [0.25, 0.3) is 0 Å². The van der Waals surface area contributed by atoms with E-state index in [1.165, 1.54) is 32.2 Å². The monoisotopic (exact) mass is 226 g/mol. The summed E-state index contributed by atoms with van der Waals surface area (Å²) < 4.78 is 5.53. The van der Waals surface area contributed by atoms with E-state index in [4.69, 9.17) is 4.74 Å². The Morgan fingerprint density at radius 2 is 2.19 bits per heavy atom. The smallest absolute Gasteiger partial charge is 0.0506 e. The molecule has 1 aliphatic carbocycles. The standard InChI is InChI=1S/C13H26N2O/c1-11(8-14-13-5-6-13)15(2)9-12-4-3-7-16-10-12/h11-14H,3-10H2,1-2H3. The van der Waals surface area contributed by atoms with Crippen LogP contribution in [0.5, 0.6) is 0 Å². The zero-order valence-corrected chi connectivity index (χ0v) is 10.7. The molecular formula is C13H26N2O. The summed E-state index contributed by atoms with van der Waals surface area (Å²) in [6, 6.07) is 1.47. The number of ether oxygens (including phenoxy) is 1. The van der Waals surface area contributed by atoms with Crippen molar-refractivity contribution in [3.63, 3.8) is 0 Å². The molecule has 2 unspecified atom stereocenters. The summed E-state index contributed by atoms with van der Waals surface area (Å²) >= 11 is 0. The zero-order valence-electron chi connectivity index (χ0n) is 10.7. The van der Waals surface area contributed by atoms with Crippen LogP contribution in [0, 0.1) is 5.92 Å². The largest absolute Gasteiger partial charge is 0.381 e. The number of nitrogens with one attached hydrogen (secondary N) is 1. The van der Waals surface area contributed by atoms with Crippen molar-refractivity contribution < 1.29 is 4.74 Å². The average molecular weight is 226 g/mol. The van der Waals surface area contributed by atoms with Crippen LogP contribution in [0.3, 0.4) is 0 Å². The highest BCUT2D eigenvalue weighted by Gasteiger charge is 2.23. The Morgan fingerprint density at radius 3 is 2.81 bits per heavy atom. The van der Waals surface area contributed by atoms with Gasteiger partial charge in [-0.15, -0.1) is 0 Å². The lowest BCUT2D eigenvalue weighted by atomic mass is 10.0. The van der Waals surface area contributed by atoms with E-state index in [1.807, 2.05) is 0 Å². The van der Waals surface area contributed by atoms with Crippen molar-refractivity contribution >= 4 is 0 Å². The lowest BCUT2D eigenvalue weighted by molar-refractivity contribution is 0.0373. The van der Waals surface area contributed by atoms with Crippen molar-refractivity contribution in [1.82, 2.24) is 10.2 Å². The number of hydrogen-bond acceptors (Lipinski definition) is 3. The third kappa shape index (κ3) is 4.04. The van der Waals surface area contributed by atoms with Crippen LogP contribution in [-0.2, 0) is 4.74 Å². The van der Waals surface area contributed by atoms with E-state index in [9.17, 15) is 0 Å². The first-order chi connectivity index (χ1) is 7.75. The molecule has 1 heterocycles. The SMILES string of the molecule is CC(CNC1CC1)N(C)CC1CCCOC1. The molecule has 2 atom stereocenters. The van der Waals surface area contributed by atoms with Gasteiger partial charge < -0.3 is 15.0 Å². The van der Waals surface area contributed by atoms with Crippen molar-refractivity contribution in [2.75, 3.05) is 33.4 Å². The predicted octanol–water partition coefficient (Wildman–Crippen LogP) is 1.49. The van der Waals surface area contributed by atoms with Crippen molar-refractivity contribution in [2.24, 2.45) is 5.92 Å². The van der Waals surface area contributed by atoms with Crippen LogP contribution in [-0.4, -0.2) is 50.3 Å². The van der Waals surface area contributed by atoms with E-state index in [0.717, 1.165) is 31.7 Å². The van der Waals surface area contributed by atoms with E-state index < -0.39 is 0 Å². The first kappa shape index (κ1) is 12.3. The summed E-state index contributed by atoms with van der Waals surface area (Å²) in [6.07, 6.45) is 5.35. The van der Waals surface area contributed by atoms with Crippen LogP contribution in [0.25, 0.3) is 0 Å². The molecule has 0 spiro atoms. The Morgan fingerprint density at radius 1 is 1.38 bits per heavy atom. The van der Waals surface area contributed by atoms with Gasteiger partial charge in [0.05, 0.1) is 6.61 Å². The number of rotatable bonds is 6. The lowest BCUT2D eigenvalue weighted by Gasteiger charge is -2.31. The summed E-state index contributed by atoms with van der Waals surface area (Å²) in [6.45, 7) is 6.58. The third-order valence-electron chi connectivity index (χ3n) is 3.83. The maximum atomic E-state index is 5.53. The summed E-state index contributed by atoms with van der Waals surface area (Å²) in [5.74, 6) is 0.752. The molecule has 16 heavy (non-hydrogen) atoms. The van der Waals surface area contributed by atoms with Gasteiger partial charge >= 0.3 is 0 Å². The summed E-state index contributed by atoms with van der Waals surface area (Å²) in [5, 5.41) is 3.60. The molecular weight excluding hydrogens is 200 g/mol. The highest BCUT2D eigenvalue weighted by Crippen LogP contribution is 2.19. The minimum absolute atomic E-state index is 0.641. The molecule has 1 saturated heterocycles. The minimum atomic E-state index is 0.641. The van der Waals surface area contributed by atoms with Gasteiger partial charge in [-0.2, -0.15) is 0 Å². The fourth-order valence-corrected chi connectivity index (χ4v) is 2.32. The molecule has 3 heteroatoms. The molecule has 0 amide bonds. The topological polar surface area (TPSA) is 24.5 Å². The summed E-state index contributed by atoms with van der Waals surface area (Å²) in [7, 11) is 2.24. The van der Waals surface area contributed by atoms with Crippen LogP contribution in [0.15, 0.2) is 0 Å². The Bertz CT molecular complexity index is 200. The van der Waals surface area contributed by atoms with Gasteiger partial charge in [0.15, 0.2) is 0 Å². The quantitative estimate of drug-likeness (QED) is 0.742. The summed E-state index contributed by atoms with van der Waals surface area (Å²) in [4.78, 5) is 2.48. The normalized spacial score (nSPS) is 28.3. The number of likely N-dealkylation sites (N-methyl/N-ethyl adjacent to an activating group) is 1. The van der Waals surface area contributed by atoms with Gasteiger partial charge in [-0.25, -0.2) is 0 Å². The highest BCUT2D eigenvalue weighted by molar-refractivity contribution is 4.83. The van der Waals surface area contributed by atoms with E-state index in [1.54, 1.807) is 0 Å². The first-order valence-electron chi connectivity index (χ1n) is 6.77. The molecule has 0 radical (unpaired) electrons. The van der Waals surface area contributed by atoms with Crippen LogP contribution in [0.2, 0.25) is 0 Å². The highest BCUT2D eigenvalue weighted by atomic mass is 16.5. The van der Waals surface area contributed by atoms with Crippen LogP contribution in [0.4, 0.5) is 0 Å². The van der Waals surface area contributed by atoms with Gasteiger partial charge in [-0.1, -0.05) is 0 Å². The minimum Gasteiger partial charge on any atom is -0.381 e. The number of hydrogen-bond donors (Lipinski definition) is 1. The second kappa shape index (κ2) is 5.99.